The van der Waals surface area contributed by atoms with Crippen molar-refractivity contribution < 1.29 is 41.7 Å². The van der Waals surface area contributed by atoms with Gasteiger partial charge in [-0.2, -0.15) is 0 Å². The lowest BCUT2D eigenvalue weighted by atomic mass is 10.1. The van der Waals surface area contributed by atoms with E-state index in [2.05, 4.69) is 10.0 Å². The van der Waals surface area contributed by atoms with Gasteiger partial charge in [0.15, 0.2) is 18.1 Å². The molecule has 0 saturated heterocycles. The zero-order chi connectivity index (χ0) is 28.6. The van der Waals surface area contributed by atoms with E-state index in [0.29, 0.717) is 35.1 Å². The Morgan fingerprint density at radius 2 is 1.51 bits per heavy atom. The molecule has 0 aliphatic heterocycles. The zero-order valence-corrected chi connectivity index (χ0v) is 23.0. The molecule has 0 aliphatic rings. The van der Waals surface area contributed by atoms with Gasteiger partial charge in [0, 0.05) is 17.8 Å². The molecule has 0 saturated carbocycles. The second-order valence-electron chi connectivity index (χ2n) is 8.07. The Hall–Kier alpha value is -4.45. The number of nitrogens with one attached hydrogen (secondary N) is 2. The molecular weight excluding hydrogens is 528 g/mol. The minimum Gasteiger partial charge on any atom is -0.494 e. The van der Waals surface area contributed by atoms with E-state index in [4.69, 9.17) is 23.7 Å². The number of aryl methyl sites for hydroxylation is 1. The van der Waals surface area contributed by atoms with Crippen LogP contribution in [0.1, 0.15) is 22.8 Å². The number of hydrogen-bond donors (Lipinski definition) is 2. The summed E-state index contributed by atoms with van der Waals surface area (Å²) in [6.45, 7) is 3.61. The monoisotopic (exact) mass is 558 g/mol. The Balaban J connectivity index is 1.69. The Kier molecular flexibility index (Phi) is 9.61. The first kappa shape index (κ1) is 29.1. The van der Waals surface area contributed by atoms with E-state index in [1.807, 2.05) is 6.92 Å². The average Bonchev–Trinajstić information content (AvgIpc) is 2.92. The number of hydrogen-bond acceptors (Lipinski definition) is 9. The van der Waals surface area contributed by atoms with E-state index < -0.39 is 28.5 Å². The molecule has 0 atom stereocenters. The van der Waals surface area contributed by atoms with Gasteiger partial charge in [0.2, 0.25) is 0 Å². The molecule has 0 heterocycles. The molecule has 208 valence electrons. The van der Waals surface area contributed by atoms with Crippen molar-refractivity contribution in [2.45, 2.75) is 18.7 Å². The fourth-order valence-electron chi connectivity index (χ4n) is 3.54. The molecule has 0 radical (unpaired) electrons. The number of methoxy groups -OCH3 is 3. The molecule has 0 unspecified atom stereocenters. The van der Waals surface area contributed by atoms with Crippen molar-refractivity contribution >= 4 is 33.3 Å². The summed E-state index contributed by atoms with van der Waals surface area (Å²) < 4.78 is 54.4. The van der Waals surface area contributed by atoms with Crippen molar-refractivity contribution in [3.05, 3.63) is 65.7 Å². The van der Waals surface area contributed by atoms with Crippen LogP contribution in [0.4, 0.5) is 11.4 Å². The van der Waals surface area contributed by atoms with Crippen LogP contribution in [-0.4, -0.2) is 54.8 Å². The quantitative estimate of drug-likeness (QED) is 0.316. The summed E-state index contributed by atoms with van der Waals surface area (Å²) in [4.78, 5) is 24.9. The van der Waals surface area contributed by atoms with Crippen LogP contribution in [0.15, 0.2) is 59.5 Å². The van der Waals surface area contributed by atoms with E-state index in [0.717, 1.165) is 0 Å². The van der Waals surface area contributed by atoms with E-state index in [1.54, 1.807) is 31.2 Å². The molecule has 0 fully saturated rings. The fraction of sp³-hybridized carbons (Fsp3) is 0.259. The number of anilines is 2. The Morgan fingerprint density at radius 1 is 0.846 bits per heavy atom. The van der Waals surface area contributed by atoms with Crippen LogP contribution in [0.25, 0.3) is 0 Å². The number of rotatable bonds is 12. The lowest BCUT2D eigenvalue weighted by molar-refractivity contribution is -0.118. The summed E-state index contributed by atoms with van der Waals surface area (Å²) >= 11 is 0. The highest BCUT2D eigenvalue weighted by molar-refractivity contribution is 7.92. The molecule has 0 aromatic heterocycles. The van der Waals surface area contributed by atoms with Gasteiger partial charge in [-0.1, -0.05) is 0 Å². The van der Waals surface area contributed by atoms with Crippen molar-refractivity contribution in [1.29, 1.82) is 0 Å². The van der Waals surface area contributed by atoms with E-state index in [-0.39, 0.29) is 21.9 Å². The van der Waals surface area contributed by atoms with Gasteiger partial charge in [-0.15, -0.1) is 0 Å². The van der Waals surface area contributed by atoms with Crippen LogP contribution < -0.4 is 29.0 Å². The number of esters is 1. The predicted octanol–water partition coefficient (Wildman–Crippen LogP) is 4.02. The molecular formula is C27H30N2O9S. The second kappa shape index (κ2) is 12.9. The lowest BCUT2D eigenvalue weighted by Gasteiger charge is -2.15. The van der Waals surface area contributed by atoms with Crippen LogP contribution in [0, 0.1) is 6.92 Å². The van der Waals surface area contributed by atoms with Gasteiger partial charge in [-0.25, -0.2) is 13.2 Å². The van der Waals surface area contributed by atoms with Crippen LogP contribution >= 0.6 is 0 Å². The predicted molar refractivity (Wildman–Crippen MR) is 145 cm³/mol. The van der Waals surface area contributed by atoms with Crippen molar-refractivity contribution in [2.24, 2.45) is 0 Å². The molecule has 3 rings (SSSR count). The number of ether oxygens (including phenoxy) is 5. The maximum Gasteiger partial charge on any atom is 0.340 e. The molecule has 0 spiro atoms. The topological polar surface area (TPSA) is 138 Å². The number of carbonyl (C=O) groups excluding carboxylic acids is 2. The van der Waals surface area contributed by atoms with Gasteiger partial charge in [0.1, 0.15) is 11.5 Å². The van der Waals surface area contributed by atoms with Gasteiger partial charge in [-0.3, -0.25) is 9.52 Å². The largest absolute Gasteiger partial charge is 0.494 e. The molecule has 11 nitrogen and oxygen atoms in total. The summed E-state index contributed by atoms with van der Waals surface area (Å²) in [6, 6.07) is 13.7. The standard InChI is InChI=1S/C27H30N2O9S/c1-6-37-19-9-7-18(8-10-19)29-39(32,33)20-11-12-23(17(2)13-20)38-16-26(30)28-22-15-25(35-4)24(34-3)14-21(22)27(31)36-5/h7-15,29H,6,16H2,1-5H3,(H,28,30). The Morgan fingerprint density at radius 3 is 2.10 bits per heavy atom. The Labute approximate surface area is 227 Å². The first-order valence-electron chi connectivity index (χ1n) is 11.7. The molecule has 0 bridgehead atoms. The maximum atomic E-state index is 12.9. The van der Waals surface area contributed by atoms with Crippen molar-refractivity contribution in [3.63, 3.8) is 0 Å². The average molecular weight is 559 g/mol. The number of benzene rings is 3. The smallest absolute Gasteiger partial charge is 0.340 e. The maximum absolute atomic E-state index is 12.9. The summed E-state index contributed by atoms with van der Waals surface area (Å²) in [5.74, 6) is 0.280. The van der Waals surface area contributed by atoms with Crippen LogP contribution in [0.2, 0.25) is 0 Å². The molecule has 2 N–H and O–H groups in total. The third kappa shape index (κ3) is 7.32. The first-order valence-corrected chi connectivity index (χ1v) is 13.2. The summed E-state index contributed by atoms with van der Waals surface area (Å²) in [6.07, 6.45) is 0. The molecule has 1 amide bonds. The number of sulfonamides is 1. The van der Waals surface area contributed by atoms with Gasteiger partial charge in [0.25, 0.3) is 15.9 Å². The highest BCUT2D eigenvalue weighted by atomic mass is 32.2. The highest BCUT2D eigenvalue weighted by Gasteiger charge is 2.20. The molecule has 12 heteroatoms. The van der Waals surface area contributed by atoms with E-state index in [9.17, 15) is 18.0 Å². The third-order valence-corrected chi connectivity index (χ3v) is 6.82. The number of carbonyl (C=O) groups is 2. The lowest BCUT2D eigenvalue weighted by Crippen LogP contribution is -2.22. The third-order valence-electron chi connectivity index (χ3n) is 5.44. The molecule has 0 aliphatic carbocycles. The van der Waals surface area contributed by atoms with Crippen LogP contribution in [0.5, 0.6) is 23.0 Å². The highest BCUT2D eigenvalue weighted by Crippen LogP contribution is 2.34. The zero-order valence-electron chi connectivity index (χ0n) is 22.2. The summed E-state index contributed by atoms with van der Waals surface area (Å²) in [5, 5.41) is 2.60. The van der Waals surface area contributed by atoms with Crippen LogP contribution in [-0.2, 0) is 19.6 Å². The van der Waals surface area contributed by atoms with E-state index in [1.165, 1.54) is 51.7 Å². The van der Waals surface area contributed by atoms with Crippen molar-refractivity contribution in [2.75, 3.05) is 44.6 Å². The second-order valence-corrected chi connectivity index (χ2v) is 9.75. The molecule has 39 heavy (non-hydrogen) atoms. The van der Waals surface area contributed by atoms with Gasteiger partial charge >= 0.3 is 5.97 Å². The van der Waals surface area contributed by atoms with E-state index >= 15 is 0 Å². The number of amides is 1. The normalized spacial score (nSPS) is 10.8. The summed E-state index contributed by atoms with van der Waals surface area (Å²) in [5.41, 5.74) is 1.09. The SMILES string of the molecule is CCOc1ccc(NS(=O)(=O)c2ccc(OCC(=O)Nc3cc(OC)c(OC)cc3C(=O)OC)c(C)c2)cc1. The fourth-order valence-corrected chi connectivity index (χ4v) is 4.69. The van der Waals surface area contributed by atoms with Crippen LogP contribution in [0.3, 0.4) is 0 Å². The molecule has 3 aromatic rings. The summed E-state index contributed by atoms with van der Waals surface area (Å²) in [7, 11) is 0.185. The minimum absolute atomic E-state index is 0.0266. The first-order chi connectivity index (χ1) is 18.6. The Bertz CT molecular complexity index is 1440. The van der Waals surface area contributed by atoms with Gasteiger partial charge < -0.3 is 29.0 Å². The van der Waals surface area contributed by atoms with Gasteiger partial charge in [-0.05, 0) is 61.9 Å². The van der Waals surface area contributed by atoms with Gasteiger partial charge in [0.05, 0.1) is 44.1 Å². The van der Waals surface area contributed by atoms with Crippen molar-refractivity contribution in [1.82, 2.24) is 0 Å². The van der Waals surface area contributed by atoms with Crippen molar-refractivity contribution in [3.8, 4) is 23.0 Å². The minimum atomic E-state index is -3.87. The molecule has 3 aromatic carbocycles.